The predicted molar refractivity (Wildman–Crippen MR) is 56.0 cm³/mol. The number of amidine groups is 1. The molecule has 4 heteroatoms. The fourth-order valence-electron chi connectivity index (χ4n) is 1.97. The van der Waals surface area contributed by atoms with E-state index in [2.05, 4.69) is 30.7 Å². The molecule has 0 saturated carbocycles. The van der Waals surface area contributed by atoms with Crippen LogP contribution in [-0.4, -0.2) is 48.7 Å². The van der Waals surface area contributed by atoms with Crippen LogP contribution in [-0.2, 0) is 4.84 Å². The maximum atomic E-state index is 5.34. The van der Waals surface area contributed by atoms with E-state index in [1.807, 2.05) is 5.06 Å². The fraction of sp³-hybridized carbons (Fsp3) is 0.900. The number of hydroxylamine groups is 2. The first-order valence-corrected chi connectivity index (χ1v) is 5.21. The zero-order valence-corrected chi connectivity index (χ0v) is 9.29. The smallest absolute Gasteiger partial charge is 0.167 e. The summed E-state index contributed by atoms with van der Waals surface area (Å²) in [5.41, 5.74) is 0.363. The minimum atomic E-state index is 0.363. The summed E-state index contributed by atoms with van der Waals surface area (Å²) in [5.74, 6) is 1.10. The molecule has 0 radical (unpaired) electrons. The minimum Gasteiger partial charge on any atom is -0.294 e. The van der Waals surface area contributed by atoms with Gasteiger partial charge in [-0.1, -0.05) is 20.8 Å². The Labute approximate surface area is 85.5 Å². The number of piperazine rings is 1. The molecule has 0 aromatic rings. The van der Waals surface area contributed by atoms with Gasteiger partial charge in [0.2, 0.25) is 0 Å². The summed E-state index contributed by atoms with van der Waals surface area (Å²) in [6, 6.07) is 0. The van der Waals surface area contributed by atoms with Crippen LogP contribution < -0.4 is 0 Å². The first-order chi connectivity index (χ1) is 6.54. The van der Waals surface area contributed by atoms with Crippen LogP contribution in [0.1, 0.15) is 20.8 Å². The third-order valence-electron chi connectivity index (χ3n) is 2.43. The summed E-state index contributed by atoms with van der Waals surface area (Å²) >= 11 is 0. The van der Waals surface area contributed by atoms with Crippen molar-refractivity contribution in [1.29, 1.82) is 0 Å². The highest BCUT2D eigenvalue weighted by molar-refractivity contribution is 5.84. The lowest BCUT2D eigenvalue weighted by Gasteiger charge is -2.36. The van der Waals surface area contributed by atoms with E-state index in [-0.39, 0.29) is 0 Å². The van der Waals surface area contributed by atoms with Crippen molar-refractivity contribution < 1.29 is 4.84 Å². The lowest BCUT2D eigenvalue weighted by molar-refractivity contribution is -0.0899. The average molecular weight is 197 g/mol. The van der Waals surface area contributed by atoms with E-state index >= 15 is 0 Å². The van der Waals surface area contributed by atoms with Crippen LogP contribution in [0.4, 0.5) is 0 Å². The standard InChI is InChI=1S/C10H19N3O/c1-10(2,3)7-12-4-5-13-9(6-12)11-8-14-13/h4-8H2,1-3H3. The Morgan fingerprint density at radius 1 is 1.36 bits per heavy atom. The van der Waals surface area contributed by atoms with Crippen LogP contribution in [0.5, 0.6) is 0 Å². The molecule has 0 unspecified atom stereocenters. The van der Waals surface area contributed by atoms with Crippen molar-refractivity contribution in [3.63, 3.8) is 0 Å². The van der Waals surface area contributed by atoms with Crippen molar-refractivity contribution in [2.45, 2.75) is 20.8 Å². The molecule has 80 valence electrons. The van der Waals surface area contributed by atoms with Crippen LogP contribution in [0, 0.1) is 5.41 Å². The largest absolute Gasteiger partial charge is 0.294 e. The highest BCUT2D eigenvalue weighted by Gasteiger charge is 2.28. The number of nitrogens with zero attached hydrogens (tertiary/aromatic N) is 3. The van der Waals surface area contributed by atoms with Crippen molar-refractivity contribution >= 4 is 5.84 Å². The molecule has 2 heterocycles. The maximum Gasteiger partial charge on any atom is 0.167 e. The van der Waals surface area contributed by atoms with Crippen LogP contribution in [0.25, 0.3) is 0 Å². The zero-order chi connectivity index (χ0) is 10.2. The molecule has 0 amide bonds. The topological polar surface area (TPSA) is 28.1 Å². The number of rotatable bonds is 1. The van der Waals surface area contributed by atoms with Gasteiger partial charge in [0.15, 0.2) is 6.73 Å². The van der Waals surface area contributed by atoms with Gasteiger partial charge in [0, 0.05) is 13.1 Å². The second-order valence-corrected chi connectivity index (χ2v) is 5.21. The molecular weight excluding hydrogens is 178 g/mol. The molecule has 2 aliphatic rings. The Morgan fingerprint density at radius 3 is 2.86 bits per heavy atom. The number of fused-ring (bicyclic) bond motifs is 1. The van der Waals surface area contributed by atoms with Crippen molar-refractivity contribution in [2.24, 2.45) is 10.4 Å². The molecule has 0 N–H and O–H groups in total. The Bertz CT molecular complexity index is 244. The SMILES string of the molecule is CC(C)(C)CN1CCN2OCN=C2C1. The van der Waals surface area contributed by atoms with Crippen molar-refractivity contribution in [2.75, 3.05) is 32.9 Å². The molecule has 0 aromatic carbocycles. The number of hydrogen-bond acceptors (Lipinski definition) is 4. The fourth-order valence-corrected chi connectivity index (χ4v) is 1.97. The first kappa shape index (κ1) is 9.93. The predicted octanol–water partition coefficient (Wildman–Crippen LogP) is 0.951. The molecule has 0 aromatic heterocycles. The summed E-state index contributed by atoms with van der Waals surface area (Å²) < 4.78 is 0. The molecule has 2 rings (SSSR count). The summed E-state index contributed by atoms with van der Waals surface area (Å²) in [6.45, 7) is 11.4. The van der Waals surface area contributed by atoms with Crippen molar-refractivity contribution in [3.8, 4) is 0 Å². The summed E-state index contributed by atoms with van der Waals surface area (Å²) in [6.07, 6.45) is 0. The average Bonchev–Trinajstić information content (AvgIpc) is 2.47. The first-order valence-electron chi connectivity index (χ1n) is 5.21. The van der Waals surface area contributed by atoms with Gasteiger partial charge >= 0.3 is 0 Å². The van der Waals surface area contributed by atoms with Crippen LogP contribution in [0.15, 0.2) is 4.99 Å². The van der Waals surface area contributed by atoms with E-state index in [4.69, 9.17) is 4.84 Å². The van der Waals surface area contributed by atoms with Crippen LogP contribution >= 0.6 is 0 Å². The quantitative estimate of drug-likeness (QED) is 0.626. The van der Waals surface area contributed by atoms with E-state index in [1.54, 1.807) is 0 Å². The van der Waals surface area contributed by atoms with Crippen LogP contribution in [0.2, 0.25) is 0 Å². The Kier molecular flexibility index (Phi) is 2.49. The Morgan fingerprint density at radius 2 is 2.14 bits per heavy atom. The molecule has 0 aliphatic carbocycles. The molecule has 1 fully saturated rings. The summed E-state index contributed by atoms with van der Waals surface area (Å²) in [4.78, 5) is 12.1. The van der Waals surface area contributed by atoms with E-state index in [9.17, 15) is 0 Å². The van der Waals surface area contributed by atoms with E-state index < -0.39 is 0 Å². The number of aliphatic imine (C=N–C) groups is 1. The molecule has 0 spiro atoms. The van der Waals surface area contributed by atoms with Gasteiger partial charge in [0.25, 0.3) is 0 Å². The third kappa shape index (κ3) is 2.25. The van der Waals surface area contributed by atoms with Crippen molar-refractivity contribution in [3.05, 3.63) is 0 Å². The number of hydrogen-bond donors (Lipinski definition) is 0. The summed E-state index contributed by atoms with van der Waals surface area (Å²) in [5, 5.41) is 1.93. The van der Waals surface area contributed by atoms with Gasteiger partial charge < -0.3 is 0 Å². The Balaban J connectivity index is 1.91. The van der Waals surface area contributed by atoms with E-state index in [0.29, 0.717) is 12.1 Å². The molecule has 0 bridgehead atoms. The molecule has 0 atom stereocenters. The van der Waals surface area contributed by atoms with E-state index in [0.717, 1.165) is 32.0 Å². The lowest BCUT2D eigenvalue weighted by Crippen LogP contribution is -2.50. The van der Waals surface area contributed by atoms with Crippen LogP contribution in [0.3, 0.4) is 0 Å². The van der Waals surface area contributed by atoms with Gasteiger partial charge in [0.05, 0.1) is 13.1 Å². The van der Waals surface area contributed by atoms with Gasteiger partial charge in [-0.15, -0.1) is 0 Å². The minimum absolute atomic E-state index is 0.363. The van der Waals surface area contributed by atoms with Gasteiger partial charge in [-0.3, -0.25) is 4.90 Å². The highest BCUT2D eigenvalue weighted by Crippen LogP contribution is 2.18. The maximum absolute atomic E-state index is 5.34. The Hall–Kier alpha value is -0.610. The zero-order valence-electron chi connectivity index (χ0n) is 9.29. The highest BCUT2D eigenvalue weighted by atomic mass is 16.7. The monoisotopic (exact) mass is 197 g/mol. The molecule has 4 nitrogen and oxygen atoms in total. The van der Waals surface area contributed by atoms with Gasteiger partial charge in [-0.2, -0.15) is 0 Å². The van der Waals surface area contributed by atoms with E-state index in [1.165, 1.54) is 0 Å². The van der Waals surface area contributed by atoms with Crippen molar-refractivity contribution in [1.82, 2.24) is 9.96 Å². The second-order valence-electron chi connectivity index (χ2n) is 5.21. The molecular formula is C10H19N3O. The van der Waals surface area contributed by atoms with Gasteiger partial charge in [-0.25, -0.2) is 14.9 Å². The molecule has 1 saturated heterocycles. The third-order valence-corrected chi connectivity index (χ3v) is 2.43. The molecule has 14 heavy (non-hydrogen) atoms. The van der Waals surface area contributed by atoms with Gasteiger partial charge in [0.1, 0.15) is 5.84 Å². The molecule has 2 aliphatic heterocycles. The second kappa shape index (κ2) is 3.51. The lowest BCUT2D eigenvalue weighted by atomic mass is 9.96. The van der Waals surface area contributed by atoms with Gasteiger partial charge in [-0.05, 0) is 5.41 Å². The normalized spacial score (nSPS) is 23.6. The summed E-state index contributed by atoms with van der Waals surface area (Å²) in [7, 11) is 0.